The van der Waals surface area contributed by atoms with Crippen molar-refractivity contribution >= 4 is 29.2 Å². The van der Waals surface area contributed by atoms with Gasteiger partial charge in [0, 0.05) is 17.5 Å². The lowest BCUT2D eigenvalue weighted by atomic mass is 10.1. The summed E-state index contributed by atoms with van der Waals surface area (Å²) in [5, 5.41) is 12.9. The Balaban J connectivity index is 2.20. The van der Waals surface area contributed by atoms with E-state index in [0.717, 1.165) is 11.3 Å². The van der Waals surface area contributed by atoms with Crippen molar-refractivity contribution in [1.29, 1.82) is 0 Å². The van der Waals surface area contributed by atoms with Crippen LogP contribution in [0.25, 0.3) is 16.9 Å². The Morgan fingerprint density at radius 3 is 2.57 bits per heavy atom. The fourth-order valence-corrected chi connectivity index (χ4v) is 3.22. The Kier molecular flexibility index (Phi) is 3.64. The van der Waals surface area contributed by atoms with E-state index in [2.05, 4.69) is 0 Å². The normalized spacial score (nSPS) is 10.5. The van der Waals surface area contributed by atoms with Crippen molar-refractivity contribution in [3.8, 4) is 16.9 Å². The second-order valence-corrected chi connectivity index (χ2v) is 5.87. The minimum Gasteiger partial charge on any atom is -0.291 e. The molecule has 21 heavy (non-hydrogen) atoms. The summed E-state index contributed by atoms with van der Waals surface area (Å²) in [4.78, 5) is 10.5. The molecule has 0 aliphatic carbocycles. The molecule has 3 aromatic rings. The van der Waals surface area contributed by atoms with Crippen molar-refractivity contribution in [2.24, 2.45) is 0 Å². The molecule has 0 amide bonds. The summed E-state index contributed by atoms with van der Waals surface area (Å²) in [5.74, 6) is 0. The lowest BCUT2D eigenvalue weighted by Gasteiger charge is -2.08. The maximum atomic E-state index is 10.9. The van der Waals surface area contributed by atoms with Gasteiger partial charge in [0.15, 0.2) is 3.95 Å². The molecule has 0 aliphatic heterocycles. The van der Waals surface area contributed by atoms with E-state index in [1.54, 1.807) is 6.07 Å². The zero-order valence-corrected chi connectivity index (χ0v) is 12.4. The van der Waals surface area contributed by atoms with Crippen molar-refractivity contribution in [2.45, 2.75) is 0 Å². The van der Waals surface area contributed by atoms with Crippen LogP contribution in [0.2, 0.25) is 0 Å². The first-order valence-corrected chi connectivity index (χ1v) is 7.46. The highest BCUT2D eigenvalue weighted by molar-refractivity contribution is 7.73. The first kappa shape index (κ1) is 13.7. The lowest BCUT2D eigenvalue weighted by Crippen LogP contribution is -1.98. The van der Waals surface area contributed by atoms with Gasteiger partial charge in [-0.25, -0.2) is 0 Å². The van der Waals surface area contributed by atoms with Gasteiger partial charge in [-0.3, -0.25) is 14.7 Å². The first-order chi connectivity index (χ1) is 10.2. The number of benzene rings is 2. The molecule has 0 bridgehead atoms. The third kappa shape index (κ3) is 2.63. The molecule has 104 valence electrons. The molecule has 0 unspecified atom stereocenters. The van der Waals surface area contributed by atoms with E-state index in [4.69, 9.17) is 12.2 Å². The van der Waals surface area contributed by atoms with Gasteiger partial charge in [-0.1, -0.05) is 36.4 Å². The standard InChI is InChI=1S/C15H10N2O2S2/c18-17(19)13-8-4-7-12(9-13)16-14(10-21-15(16)20)11-5-2-1-3-6-11/h1-10H. The highest BCUT2D eigenvalue weighted by atomic mass is 32.1. The van der Waals surface area contributed by atoms with Crippen LogP contribution in [0.4, 0.5) is 5.69 Å². The number of non-ortho nitro benzene ring substituents is 1. The predicted molar refractivity (Wildman–Crippen MR) is 86.6 cm³/mol. The van der Waals surface area contributed by atoms with E-state index in [9.17, 15) is 10.1 Å². The second kappa shape index (κ2) is 5.59. The van der Waals surface area contributed by atoms with E-state index in [1.807, 2.05) is 46.3 Å². The molecule has 0 radical (unpaired) electrons. The molecule has 1 aromatic heterocycles. The zero-order valence-electron chi connectivity index (χ0n) is 10.8. The fraction of sp³-hybridized carbons (Fsp3) is 0. The molecule has 6 heteroatoms. The topological polar surface area (TPSA) is 48.1 Å². The summed E-state index contributed by atoms with van der Waals surface area (Å²) < 4.78 is 2.52. The molecule has 0 spiro atoms. The number of nitro benzene ring substituents is 1. The molecular formula is C15H10N2O2S2. The van der Waals surface area contributed by atoms with Crippen LogP contribution in [0.1, 0.15) is 0 Å². The molecule has 0 fully saturated rings. The summed E-state index contributed by atoms with van der Waals surface area (Å²) in [6, 6.07) is 16.3. The van der Waals surface area contributed by atoms with E-state index >= 15 is 0 Å². The number of thiazole rings is 1. The Hall–Kier alpha value is -2.31. The Bertz CT molecular complexity index is 853. The van der Waals surface area contributed by atoms with Crippen molar-refractivity contribution in [3.05, 3.63) is 74.0 Å². The van der Waals surface area contributed by atoms with E-state index in [0.29, 0.717) is 9.64 Å². The van der Waals surface area contributed by atoms with Crippen LogP contribution >= 0.6 is 23.6 Å². The van der Waals surface area contributed by atoms with Crippen LogP contribution in [-0.2, 0) is 0 Å². The van der Waals surface area contributed by atoms with Crippen LogP contribution in [0.5, 0.6) is 0 Å². The number of rotatable bonds is 3. The minimum absolute atomic E-state index is 0.0552. The van der Waals surface area contributed by atoms with Crippen LogP contribution < -0.4 is 0 Å². The van der Waals surface area contributed by atoms with Crippen molar-refractivity contribution < 1.29 is 4.92 Å². The van der Waals surface area contributed by atoms with Crippen LogP contribution in [0.15, 0.2) is 60.0 Å². The summed E-state index contributed by atoms with van der Waals surface area (Å²) >= 11 is 6.82. The third-order valence-corrected chi connectivity index (χ3v) is 4.26. The van der Waals surface area contributed by atoms with Gasteiger partial charge in [-0.2, -0.15) is 0 Å². The van der Waals surface area contributed by atoms with Crippen molar-refractivity contribution in [1.82, 2.24) is 4.57 Å². The molecule has 0 saturated heterocycles. The first-order valence-electron chi connectivity index (χ1n) is 6.17. The summed E-state index contributed by atoms with van der Waals surface area (Å²) in [5.41, 5.74) is 2.72. The van der Waals surface area contributed by atoms with Gasteiger partial charge in [0.2, 0.25) is 0 Å². The molecular weight excluding hydrogens is 304 g/mol. The van der Waals surface area contributed by atoms with E-state index in [1.165, 1.54) is 23.5 Å². The van der Waals surface area contributed by atoms with Gasteiger partial charge >= 0.3 is 0 Å². The molecule has 0 saturated carbocycles. The molecule has 0 aliphatic rings. The van der Waals surface area contributed by atoms with Gasteiger partial charge in [-0.15, -0.1) is 11.3 Å². The molecule has 3 rings (SSSR count). The smallest absolute Gasteiger partial charge is 0.271 e. The summed E-state index contributed by atoms with van der Waals surface area (Å²) in [6.45, 7) is 0. The SMILES string of the molecule is O=[N+]([O-])c1cccc(-n2c(-c3ccccc3)csc2=S)c1. The van der Waals surface area contributed by atoms with Gasteiger partial charge in [0.25, 0.3) is 5.69 Å². The van der Waals surface area contributed by atoms with Crippen LogP contribution in [0.3, 0.4) is 0 Å². The lowest BCUT2D eigenvalue weighted by molar-refractivity contribution is -0.384. The van der Waals surface area contributed by atoms with Crippen LogP contribution in [0, 0.1) is 14.1 Å². The zero-order chi connectivity index (χ0) is 14.8. The van der Waals surface area contributed by atoms with Gasteiger partial charge in [0.05, 0.1) is 16.3 Å². The average molecular weight is 314 g/mol. The number of hydrogen-bond acceptors (Lipinski definition) is 4. The maximum absolute atomic E-state index is 10.9. The largest absolute Gasteiger partial charge is 0.291 e. The summed E-state index contributed by atoms with van der Waals surface area (Å²) in [7, 11) is 0. The van der Waals surface area contributed by atoms with Crippen LogP contribution in [-0.4, -0.2) is 9.49 Å². The molecule has 0 N–H and O–H groups in total. The Morgan fingerprint density at radius 1 is 1.10 bits per heavy atom. The third-order valence-electron chi connectivity index (χ3n) is 3.06. The monoisotopic (exact) mass is 314 g/mol. The molecule has 2 aromatic carbocycles. The van der Waals surface area contributed by atoms with Crippen molar-refractivity contribution in [3.63, 3.8) is 0 Å². The Morgan fingerprint density at radius 2 is 1.86 bits per heavy atom. The van der Waals surface area contributed by atoms with Gasteiger partial charge in [-0.05, 0) is 23.8 Å². The predicted octanol–water partition coefficient (Wildman–Crippen LogP) is 4.84. The van der Waals surface area contributed by atoms with E-state index in [-0.39, 0.29) is 5.69 Å². The molecule has 4 nitrogen and oxygen atoms in total. The second-order valence-electron chi connectivity index (χ2n) is 4.37. The summed E-state index contributed by atoms with van der Waals surface area (Å²) in [6.07, 6.45) is 0. The van der Waals surface area contributed by atoms with Gasteiger partial charge < -0.3 is 0 Å². The van der Waals surface area contributed by atoms with Crippen molar-refractivity contribution in [2.75, 3.05) is 0 Å². The number of nitro groups is 1. The quantitative estimate of drug-likeness (QED) is 0.395. The average Bonchev–Trinajstić information content (AvgIpc) is 2.90. The maximum Gasteiger partial charge on any atom is 0.271 e. The minimum atomic E-state index is -0.401. The fourth-order valence-electron chi connectivity index (χ4n) is 2.11. The molecule has 0 atom stereocenters. The Labute approximate surface area is 130 Å². The molecule has 1 heterocycles. The number of nitrogens with zero attached hydrogens (tertiary/aromatic N) is 2. The number of hydrogen-bond donors (Lipinski definition) is 0. The van der Waals surface area contributed by atoms with E-state index < -0.39 is 4.92 Å². The van der Waals surface area contributed by atoms with Gasteiger partial charge in [0.1, 0.15) is 0 Å². The highest BCUT2D eigenvalue weighted by Gasteiger charge is 2.12. The highest BCUT2D eigenvalue weighted by Crippen LogP contribution is 2.28. The number of aromatic nitrogens is 1.